The summed E-state index contributed by atoms with van der Waals surface area (Å²) in [6.07, 6.45) is 1.86. The van der Waals surface area contributed by atoms with Gasteiger partial charge in [0.05, 0.1) is 13.2 Å². The summed E-state index contributed by atoms with van der Waals surface area (Å²) in [7, 11) is 0. The number of hydrogen-bond donors (Lipinski definition) is 0. The number of rotatable bonds is 5. The van der Waals surface area contributed by atoms with Crippen molar-refractivity contribution in [1.29, 1.82) is 0 Å². The number of carbonyl (C=O) groups is 3. The molecule has 6 nitrogen and oxygen atoms in total. The second-order valence-corrected chi connectivity index (χ2v) is 6.97. The van der Waals surface area contributed by atoms with Crippen molar-refractivity contribution in [2.75, 3.05) is 32.8 Å². The van der Waals surface area contributed by atoms with E-state index in [9.17, 15) is 14.4 Å². The molecule has 140 valence electrons. The Labute approximate surface area is 154 Å². The summed E-state index contributed by atoms with van der Waals surface area (Å²) in [4.78, 5) is 41.1. The second kappa shape index (κ2) is 8.45. The molecule has 2 fully saturated rings. The minimum atomic E-state index is -0.380. The summed E-state index contributed by atoms with van der Waals surface area (Å²) in [6.45, 7) is 4.84. The van der Waals surface area contributed by atoms with E-state index < -0.39 is 0 Å². The third-order valence-electron chi connectivity index (χ3n) is 5.12. The minimum absolute atomic E-state index is 0.0176. The Morgan fingerprint density at radius 3 is 2.42 bits per heavy atom. The van der Waals surface area contributed by atoms with Gasteiger partial charge in [-0.25, -0.2) is 0 Å². The summed E-state index contributed by atoms with van der Waals surface area (Å²) in [5.74, 6) is -0.118. The van der Waals surface area contributed by atoms with Crippen LogP contribution < -0.4 is 0 Å². The average Bonchev–Trinajstić information content (AvgIpc) is 3.16. The molecule has 2 amide bonds. The number of likely N-dealkylation sites (tertiary alicyclic amines) is 1. The normalized spacial score (nSPS) is 20.3. The molecule has 0 aromatic heterocycles. The molecule has 2 saturated heterocycles. The zero-order chi connectivity index (χ0) is 18.5. The Morgan fingerprint density at radius 2 is 1.73 bits per heavy atom. The topological polar surface area (TPSA) is 66.9 Å². The smallest absolute Gasteiger partial charge is 0.245 e. The summed E-state index contributed by atoms with van der Waals surface area (Å²) in [6, 6.07) is 7.00. The van der Waals surface area contributed by atoms with Crippen molar-refractivity contribution in [3.05, 3.63) is 35.4 Å². The molecule has 0 unspecified atom stereocenters. The van der Waals surface area contributed by atoms with Gasteiger partial charge < -0.3 is 14.5 Å². The van der Waals surface area contributed by atoms with E-state index in [1.54, 1.807) is 21.9 Å². The first-order valence-electron chi connectivity index (χ1n) is 9.32. The van der Waals surface area contributed by atoms with Crippen LogP contribution in [0.3, 0.4) is 0 Å². The van der Waals surface area contributed by atoms with Gasteiger partial charge in [0.2, 0.25) is 11.8 Å². The maximum absolute atomic E-state index is 12.7. The van der Waals surface area contributed by atoms with E-state index in [2.05, 4.69) is 0 Å². The van der Waals surface area contributed by atoms with Crippen LogP contribution in [0.4, 0.5) is 0 Å². The van der Waals surface area contributed by atoms with Crippen LogP contribution in [-0.4, -0.2) is 66.3 Å². The third kappa shape index (κ3) is 4.30. The monoisotopic (exact) mass is 358 g/mol. The van der Waals surface area contributed by atoms with Crippen LogP contribution in [0.1, 0.15) is 41.6 Å². The van der Waals surface area contributed by atoms with Crippen molar-refractivity contribution in [1.82, 2.24) is 9.80 Å². The Balaban J connectivity index is 1.55. The molecule has 2 aliphatic rings. The Morgan fingerprint density at radius 1 is 1.04 bits per heavy atom. The molecule has 0 radical (unpaired) electrons. The van der Waals surface area contributed by atoms with Crippen LogP contribution in [-0.2, 0) is 14.3 Å². The van der Waals surface area contributed by atoms with E-state index in [0.29, 0.717) is 44.8 Å². The Hall–Kier alpha value is -2.21. The summed E-state index contributed by atoms with van der Waals surface area (Å²) < 4.78 is 5.29. The highest BCUT2D eigenvalue weighted by molar-refractivity contribution is 5.98. The van der Waals surface area contributed by atoms with Crippen molar-refractivity contribution in [3.8, 4) is 0 Å². The quantitative estimate of drug-likeness (QED) is 0.753. The lowest BCUT2D eigenvalue weighted by Gasteiger charge is -2.32. The predicted octanol–water partition coefficient (Wildman–Crippen LogP) is 1.81. The fourth-order valence-electron chi connectivity index (χ4n) is 3.56. The van der Waals surface area contributed by atoms with Crippen LogP contribution in [0.2, 0.25) is 0 Å². The molecule has 0 aliphatic carbocycles. The van der Waals surface area contributed by atoms with Gasteiger partial charge in [0.1, 0.15) is 6.04 Å². The first kappa shape index (κ1) is 18.6. The van der Waals surface area contributed by atoms with Crippen molar-refractivity contribution in [2.45, 2.75) is 38.6 Å². The van der Waals surface area contributed by atoms with Crippen molar-refractivity contribution in [3.63, 3.8) is 0 Å². The minimum Gasteiger partial charge on any atom is -0.378 e. The number of ether oxygens (including phenoxy) is 1. The first-order valence-corrected chi connectivity index (χ1v) is 9.32. The highest BCUT2D eigenvalue weighted by Gasteiger charge is 2.36. The summed E-state index contributed by atoms with van der Waals surface area (Å²) >= 11 is 0. The number of benzene rings is 1. The number of morpholine rings is 1. The molecule has 2 aliphatic heterocycles. The number of amides is 2. The van der Waals surface area contributed by atoms with E-state index in [4.69, 9.17) is 4.74 Å². The predicted molar refractivity (Wildman–Crippen MR) is 96.9 cm³/mol. The van der Waals surface area contributed by atoms with Crippen LogP contribution in [0.15, 0.2) is 24.3 Å². The lowest BCUT2D eigenvalue weighted by Crippen LogP contribution is -2.51. The molecule has 1 atom stereocenters. The maximum atomic E-state index is 12.7. The van der Waals surface area contributed by atoms with Crippen LogP contribution in [0.25, 0.3) is 0 Å². The van der Waals surface area contributed by atoms with Gasteiger partial charge in [-0.3, -0.25) is 14.4 Å². The number of carbonyl (C=O) groups excluding carboxylic acids is 3. The van der Waals surface area contributed by atoms with Gasteiger partial charge in [-0.1, -0.05) is 29.8 Å². The summed E-state index contributed by atoms with van der Waals surface area (Å²) in [5.41, 5.74) is 1.73. The van der Waals surface area contributed by atoms with E-state index in [1.807, 2.05) is 19.1 Å². The lowest BCUT2D eigenvalue weighted by atomic mass is 10.0. The number of hydrogen-bond acceptors (Lipinski definition) is 4. The molecule has 2 heterocycles. The van der Waals surface area contributed by atoms with Gasteiger partial charge in [-0.05, 0) is 19.8 Å². The SMILES string of the molecule is Cc1ccc(C(=O)CCC(=O)N2CCC[C@H]2C(=O)N2CCOCC2)cc1. The zero-order valence-corrected chi connectivity index (χ0v) is 15.3. The number of Topliss-reactive ketones (excluding diaryl/α,β-unsaturated/α-hetero) is 1. The maximum Gasteiger partial charge on any atom is 0.245 e. The van der Waals surface area contributed by atoms with Crippen LogP contribution in [0.5, 0.6) is 0 Å². The molecule has 26 heavy (non-hydrogen) atoms. The zero-order valence-electron chi connectivity index (χ0n) is 15.3. The van der Waals surface area contributed by atoms with E-state index in [-0.39, 0.29) is 36.5 Å². The molecule has 0 bridgehead atoms. The fourth-order valence-corrected chi connectivity index (χ4v) is 3.56. The number of nitrogens with zero attached hydrogens (tertiary/aromatic N) is 2. The number of ketones is 1. The van der Waals surface area contributed by atoms with Gasteiger partial charge in [-0.2, -0.15) is 0 Å². The molecule has 0 spiro atoms. The van der Waals surface area contributed by atoms with Crippen LogP contribution >= 0.6 is 0 Å². The van der Waals surface area contributed by atoms with Crippen LogP contribution in [0, 0.1) is 6.92 Å². The number of aryl methyl sites for hydroxylation is 1. The molecule has 3 rings (SSSR count). The molecule has 6 heteroatoms. The highest BCUT2D eigenvalue weighted by Crippen LogP contribution is 2.22. The molecular weight excluding hydrogens is 332 g/mol. The van der Waals surface area contributed by atoms with Crippen molar-refractivity contribution >= 4 is 17.6 Å². The molecule has 0 N–H and O–H groups in total. The second-order valence-electron chi connectivity index (χ2n) is 6.97. The van der Waals surface area contributed by atoms with Gasteiger partial charge in [0.25, 0.3) is 0 Å². The van der Waals surface area contributed by atoms with Gasteiger partial charge in [-0.15, -0.1) is 0 Å². The molecule has 1 aromatic rings. The Kier molecular flexibility index (Phi) is 6.04. The van der Waals surface area contributed by atoms with Crippen molar-refractivity contribution < 1.29 is 19.1 Å². The summed E-state index contributed by atoms with van der Waals surface area (Å²) in [5, 5.41) is 0. The van der Waals surface area contributed by atoms with Gasteiger partial charge in [0.15, 0.2) is 5.78 Å². The molecular formula is C20H26N2O4. The van der Waals surface area contributed by atoms with E-state index in [0.717, 1.165) is 12.0 Å². The first-order chi connectivity index (χ1) is 12.6. The average molecular weight is 358 g/mol. The largest absolute Gasteiger partial charge is 0.378 e. The standard InChI is InChI=1S/C20H26N2O4/c1-15-4-6-16(7-5-15)18(23)8-9-19(24)22-10-2-3-17(22)20(25)21-11-13-26-14-12-21/h4-7,17H,2-3,8-14H2,1H3/t17-/m0/s1. The molecule has 1 aromatic carbocycles. The molecule has 0 saturated carbocycles. The lowest BCUT2D eigenvalue weighted by molar-refractivity contribution is -0.146. The Bertz CT molecular complexity index is 665. The van der Waals surface area contributed by atoms with Gasteiger partial charge in [0, 0.05) is 38.0 Å². The van der Waals surface area contributed by atoms with Crippen molar-refractivity contribution in [2.24, 2.45) is 0 Å². The third-order valence-corrected chi connectivity index (χ3v) is 5.12. The fraction of sp³-hybridized carbons (Fsp3) is 0.550. The highest BCUT2D eigenvalue weighted by atomic mass is 16.5. The van der Waals surface area contributed by atoms with Gasteiger partial charge >= 0.3 is 0 Å². The van der Waals surface area contributed by atoms with E-state index >= 15 is 0 Å². The van der Waals surface area contributed by atoms with E-state index in [1.165, 1.54) is 0 Å².